The highest BCUT2D eigenvalue weighted by Gasteiger charge is 2.50. The van der Waals surface area contributed by atoms with Crippen molar-refractivity contribution in [3.8, 4) is 0 Å². The first-order chi connectivity index (χ1) is 13.7. The maximum absolute atomic E-state index is 10.1. The second-order valence-corrected chi connectivity index (χ2v) is 11.0. The van der Waals surface area contributed by atoms with Crippen LogP contribution in [0.5, 0.6) is 0 Å². The molecule has 0 aliphatic heterocycles. The molecule has 2 heteroatoms. The van der Waals surface area contributed by atoms with E-state index in [1.807, 2.05) is 0 Å². The van der Waals surface area contributed by atoms with Gasteiger partial charge in [0.05, 0.1) is 12.2 Å². The number of allylic oxidation sites excluding steroid dienone is 3. The summed E-state index contributed by atoms with van der Waals surface area (Å²) in [6.07, 6.45) is 15.2. The Balaban J connectivity index is 1.71. The van der Waals surface area contributed by atoms with Crippen LogP contribution in [0.2, 0.25) is 0 Å². The van der Waals surface area contributed by atoms with E-state index >= 15 is 0 Å². The average molecular weight is 401 g/mol. The first-order valence-electron chi connectivity index (χ1n) is 12.2. The van der Waals surface area contributed by atoms with Crippen LogP contribution in [-0.2, 0) is 0 Å². The Morgan fingerprint density at radius 2 is 1.90 bits per heavy atom. The van der Waals surface area contributed by atoms with Crippen LogP contribution in [0.3, 0.4) is 0 Å². The van der Waals surface area contributed by atoms with Crippen LogP contribution in [-0.4, -0.2) is 22.4 Å². The summed E-state index contributed by atoms with van der Waals surface area (Å²) in [4.78, 5) is 0. The number of rotatable bonds is 6. The zero-order chi connectivity index (χ0) is 21.2. The monoisotopic (exact) mass is 400 g/mol. The van der Waals surface area contributed by atoms with E-state index in [9.17, 15) is 10.2 Å². The van der Waals surface area contributed by atoms with Crippen molar-refractivity contribution < 1.29 is 10.2 Å². The lowest BCUT2D eigenvalue weighted by Gasteiger charge is -2.44. The summed E-state index contributed by atoms with van der Waals surface area (Å²) in [6.45, 7) is 13.8. The van der Waals surface area contributed by atoms with Crippen molar-refractivity contribution in [2.24, 2.45) is 29.1 Å². The van der Waals surface area contributed by atoms with Gasteiger partial charge < -0.3 is 10.2 Å². The van der Waals surface area contributed by atoms with Crippen LogP contribution < -0.4 is 0 Å². The number of fused-ring (bicyclic) bond motifs is 1. The quantitative estimate of drug-likeness (QED) is 0.528. The maximum atomic E-state index is 10.1. The predicted octanol–water partition coefficient (Wildman–Crippen LogP) is 6.59. The Bertz CT molecular complexity index is 643. The van der Waals surface area contributed by atoms with E-state index in [0.29, 0.717) is 24.2 Å². The zero-order valence-electron chi connectivity index (χ0n) is 19.3. The minimum atomic E-state index is -0.595. The third-order valence-electron chi connectivity index (χ3n) is 8.43. The van der Waals surface area contributed by atoms with Crippen molar-refractivity contribution in [1.29, 1.82) is 0 Å². The molecule has 0 aromatic heterocycles. The van der Waals surface area contributed by atoms with Crippen LogP contribution in [0, 0.1) is 29.1 Å². The molecule has 3 aliphatic rings. The summed E-state index contributed by atoms with van der Waals surface area (Å²) in [6, 6.07) is 0. The van der Waals surface area contributed by atoms with Gasteiger partial charge in [0.25, 0.3) is 0 Å². The molecule has 2 N–H and O–H groups in total. The van der Waals surface area contributed by atoms with Gasteiger partial charge in [-0.25, -0.2) is 0 Å². The Labute approximate surface area is 179 Å². The Hall–Kier alpha value is -0.860. The number of aliphatic hydroxyl groups excluding tert-OH is 2. The normalized spacial score (nSPS) is 39.3. The van der Waals surface area contributed by atoms with E-state index in [1.54, 1.807) is 5.57 Å². The Morgan fingerprint density at radius 3 is 2.62 bits per heavy atom. The van der Waals surface area contributed by atoms with Crippen LogP contribution >= 0.6 is 0 Å². The largest absolute Gasteiger partial charge is 0.393 e. The highest BCUT2D eigenvalue weighted by molar-refractivity contribution is 5.38. The summed E-state index contributed by atoms with van der Waals surface area (Å²) in [5.41, 5.74) is 3.88. The van der Waals surface area contributed by atoms with Gasteiger partial charge in [-0.1, -0.05) is 71.3 Å². The van der Waals surface area contributed by atoms with Crippen LogP contribution in [0.15, 0.2) is 35.5 Å². The molecule has 0 radical (unpaired) electrons. The van der Waals surface area contributed by atoms with Crippen LogP contribution in [0.4, 0.5) is 0 Å². The second-order valence-electron chi connectivity index (χ2n) is 11.0. The molecule has 0 heterocycles. The topological polar surface area (TPSA) is 40.5 Å². The van der Waals surface area contributed by atoms with Crippen molar-refractivity contribution in [2.45, 2.75) is 104 Å². The van der Waals surface area contributed by atoms with Gasteiger partial charge in [-0.2, -0.15) is 0 Å². The first-order valence-corrected chi connectivity index (χ1v) is 12.2. The zero-order valence-corrected chi connectivity index (χ0v) is 19.3. The fourth-order valence-electron chi connectivity index (χ4n) is 6.73. The van der Waals surface area contributed by atoms with Crippen molar-refractivity contribution in [3.05, 3.63) is 35.5 Å². The summed E-state index contributed by atoms with van der Waals surface area (Å²) in [7, 11) is 0. The Kier molecular flexibility index (Phi) is 7.49. The van der Waals surface area contributed by atoms with Crippen molar-refractivity contribution >= 4 is 0 Å². The van der Waals surface area contributed by atoms with E-state index in [1.165, 1.54) is 51.4 Å². The molecule has 0 spiro atoms. The molecule has 3 aliphatic carbocycles. The fourth-order valence-corrected chi connectivity index (χ4v) is 6.73. The minimum Gasteiger partial charge on any atom is -0.393 e. The van der Waals surface area contributed by atoms with Gasteiger partial charge in [0.2, 0.25) is 0 Å². The Morgan fingerprint density at radius 1 is 1.14 bits per heavy atom. The van der Waals surface area contributed by atoms with Crippen LogP contribution in [0.25, 0.3) is 0 Å². The van der Waals surface area contributed by atoms with E-state index in [-0.39, 0.29) is 0 Å². The standard InChI is InChI=1S/C27H44O2/c1-18(2)8-6-9-19(3)24-13-14-25-21(10-7-15-27(24,25)5)11-12-22-16-23(28)17-26(29)20(22)4/h11-12,18-19,23-26,28-29H,4,6-10,13-17H2,1-3,5H3/b21-11+,22-12-/t19-,23-,24+,25+,26+,27-/m1/s1. The summed E-state index contributed by atoms with van der Waals surface area (Å²) in [5.74, 6) is 3.20. The molecule has 0 saturated heterocycles. The number of hydrogen-bond acceptors (Lipinski definition) is 2. The highest BCUT2D eigenvalue weighted by Crippen LogP contribution is 2.59. The lowest BCUT2D eigenvalue weighted by Crippen LogP contribution is -2.36. The third-order valence-corrected chi connectivity index (χ3v) is 8.43. The molecule has 3 rings (SSSR count). The van der Waals surface area contributed by atoms with E-state index in [4.69, 9.17) is 0 Å². The molecule has 3 fully saturated rings. The molecule has 0 aromatic carbocycles. The van der Waals surface area contributed by atoms with Crippen molar-refractivity contribution in [3.63, 3.8) is 0 Å². The smallest absolute Gasteiger partial charge is 0.0811 e. The summed E-state index contributed by atoms with van der Waals surface area (Å²) in [5, 5.41) is 20.2. The molecule has 164 valence electrons. The molecule has 2 nitrogen and oxygen atoms in total. The molecule has 0 bridgehead atoms. The summed E-state index contributed by atoms with van der Waals surface area (Å²) < 4.78 is 0. The average Bonchev–Trinajstić information content (AvgIpc) is 3.00. The van der Waals surface area contributed by atoms with Gasteiger partial charge in [-0.3, -0.25) is 0 Å². The minimum absolute atomic E-state index is 0.420. The van der Waals surface area contributed by atoms with Crippen LogP contribution in [0.1, 0.15) is 91.9 Å². The maximum Gasteiger partial charge on any atom is 0.0811 e. The number of aliphatic hydroxyl groups is 2. The molecule has 0 unspecified atom stereocenters. The van der Waals surface area contributed by atoms with E-state index < -0.39 is 12.2 Å². The van der Waals surface area contributed by atoms with Crippen molar-refractivity contribution in [1.82, 2.24) is 0 Å². The highest BCUT2D eigenvalue weighted by atomic mass is 16.3. The van der Waals surface area contributed by atoms with Gasteiger partial charge in [-0.05, 0) is 78.8 Å². The molecule has 0 amide bonds. The van der Waals surface area contributed by atoms with Gasteiger partial charge in [0.1, 0.15) is 0 Å². The fraction of sp³-hybridized carbons (Fsp3) is 0.778. The van der Waals surface area contributed by atoms with Gasteiger partial charge >= 0.3 is 0 Å². The second kappa shape index (κ2) is 9.52. The SMILES string of the molecule is C=C1/C(=C\C=C2/CCC[C@@]3(C)[C@H]2CC[C@H]3[C@H](C)CCCC(C)C)C[C@@H](O)C[C@@H]1O. The van der Waals surface area contributed by atoms with Crippen molar-refractivity contribution in [2.75, 3.05) is 0 Å². The molecule has 3 saturated carbocycles. The first kappa shape index (κ1) is 22.8. The molecular weight excluding hydrogens is 356 g/mol. The molecule has 0 aromatic rings. The molecule has 6 atom stereocenters. The van der Waals surface area contributed by atoms with Gasteiger partial charge in [0, 0.05) is 6.42 Å². The van der Waals surface area contributed by atoms with E-state index in [2.05, 4.69) is 46.4 Å². The third kappa shape index (κ3) is 5.07. The predicted molar refractivity (Wildman–Crippen MR) is 123 cm³/mol. The molecule has 29 heavy (non-hydrogen) atoms. The lowest BCUT2D eigenvalue weighted by atomic mass is 9.60. The molecular formula is C27H44O2. The summed E-state index contributed by atoms with van der Waals surface area (Å²) >= 11 is 0. The van der Waals surface area contributed by atoms with Gasteiger partial charge in [0.15, 0.2) is 0 Å². The lowest BCUT2D eigenvalue weighted by molar-refractivity contribution is 0.0861. The van der Waals surface area contributed by atoms with Gasteiger partial charge in [-0.15, -0.1) is 0 Å². The van der Waals surface area contributed by atoms with E-state index in [0.717, 1.165) is 28.9 Å². The number of hydrogen-bond donors (Lipinski definition) is 2.